The Morgan fingerprint density at radius 3 is 1.72 bits per heavy atom. The van der Waals surface area contributed by atoms with Crippen LogP contribution in [0, 0.1) is 0 Å². The van der Waals surface area contributed by atoms with Gasteiger partial charge in [0.25, 0.3) is 0 Å². The van der Waals surface area contributed by atoms with Crippen molar-refractivity contribution in [3.05, 3.63) is 188 Å². The molecule has 6 aromatic heterocycles. The van der Waals surface area contributed by atoms with Crippen molar-refractivity contribution in [3.63, 3.8) is 0 Å². The zero-order chi connectivity index (χ0) is 59.2. The van der Waals surface area contributed by atoms with Crippen molar-refractivity contribution >= 4 is 65.4 Å². The van der Waals surface area contributed by atoms with Crippen LogP contribution in [0.2, 0.25) is 0 Å². The second-order valence-corrected chi connectivity index (χ2v) is 12.5. The topological polar surface area (TPSA) is 66.3 Å². The van der Waals surface area contributed by atoms with E-state index in [0.29, 0.717) is 0 Å². The number of aromatic nitrogens is 7. The minimum atomic E-state index is -1.00. The molecule has 0 saturated carbocycles. The number of pyridine rings is 2. The monoisotopic (exact) mass is 754 g/mol. The van der Waals surface area contributed by atoms with Gasteiger partial charge in [0.2, 0.25) is 0 Å². The molecule has 0 aliphatic heterocycles. The van der Waals surface area contributed by atoms with Gasteiger partial charge in [-0.2, -0.15) is 0 Å². The van der Waals surface area contributed by atoms with Crippen molar-refractivity contribution in [2.75, 3.05) is 0 Å². The molecule has 57 heavy (non-hydrogen) atoms. The molecule has 0 spiro atoms. The van der Waals surface area contributed by atoms with E-state index >= 15 is 0 Å². The Kier molecular flexibility index (Phi) is 3.39. The lowest BCUT2D eigenvalue weighted by Gasteiger charge is -2.20. The number of para-hydroxylation sites is 5. The van der Waals surface area contributed by atoms with Gasteiger partial charge in [0.05, 0.1) is 90.6 Å². The number of rotatable bonds is 5. The molecular weight excluding hydrogens is 699 g/mol. The summed E-state index contributed by atoms with van der Waals surface area (Å²) >= 11 is 0. The summed E-state index contributed by atoms with van der Waals surface area (Å²) in [6, 6.07) is -18.0. The maximum atomic E-state index is 10.0. The minimum absolute atomic E-state index is 0.00658. The lowest BCUT2D eigenvalue weighted by atomic mass is 10.1. The highest BCUT2D eigenvalue weighted by atomic mass is 15.1. The molecule has 7 heteroatoms. The van der Waals surface area contributed by atoms with Crippen LogP contribution in [0.15, 0.2) is 188 Å². The first-order chi connectivity index (χ1) is 38.7. The number of fused-ring (bicyclic) bond motifs is 9. The molecular formula is C50H31N7. The molecule has 6 heterocycles. The number of hydrogen-bond donors (Lipinski definition) is 0. The summed E-state index contributed by atoms with van der Waals surface area (Å²) in [7, 11) is 0. The molecule has 0 amide bonds. The van der Waals surface area contributed by atoms with Crippen molar-refractivity contribution in [1.29, 1.82) is 0 Å². The van der Waals surface area contributed by atoms with E-state index in [-0.39, 0.29) is 43.6 Å². The second-order valence-electron chi connectivity index (χ2n) is 12.5. The van der Waals surface area contributed by atoms with E-state index in [1.165, 1.54) is 41.5 Å². The lowest BCUT2D eigenvalue weighted by molar-refractivity contribution is 1.04. The van der Waals surface area contributed by atoms with Crippen molar-refractivity contribution in [2.45, 2.75) is 0 Å². The van der Waals surface area contributed by atoms with E-state index in [1.807, 2.05) is 0 Å². The fourth-order valence-corrected chi connectivity index (χ4v) is 7.25. The van der Waals surface area contributed by atoms with Crippen molar-refractivity contribution in [1.82, 2.24) is 33.6 Å². The quantitative estimate of drug-likeness (QED) is 0.175. The second kappa shape index (κ2) is 12.3. The van der Waals surface area contributed by atoms with Crippen LogP contribution in [-0.4, -0.2) is 33.6 Å². The highest BCUT2D eigenvalue weighted by Gasteiger charge is 2.25. The summed E-state index contributed by atoms with van der Waals surface area (Å²) in [6.07, 6.45) is 5.12. The molecule has 0 radical (unpaired) electrons. The van der Waals surface area contributed by atoms with E-state index in [0.717, 1.165) is 9.13 Å². The SMILES string of the molecule is [2H]c1c(-c2c([2H])c([2H])c([2H])c([2H])c2[2H])nc(-c2c([2H])c([2H])c([2H])c(-n3c4ccncc4c4c([2H])c([2H])c([2H])c([2H])c43)c2-n2c3cnccc3c3c([2H])c([2H])c([2H])c([2H])c32)nc1-n1c2c([2H])c([2H])c([2H])c([2H])c2c2c([2H])c([2H])c([2H])c([2H])c21. The Morgan fingerprint density at radius 2 is 1.00 bits per heavy atom. The van der Waals surface area contributed by atoms with Crippen LogP contribution < -0.4 is 0 Å². The normalized spacial score (nSPS) is 18.0. The standard InChI is InChI=1S/C50H31N7/c1-2-13-32(14-3-1)40-29-48(56-42-21-9-4-15-33(42)34-16-5-10-22-43(34)56)54-50(53-40)38-19-12-24-46(55-41-20-8-7-18-36(41)39-30-51-28-26-45(39)55)49(38)57-44-23-11-6-17-35(44)37-25-27-52-31-47(37)57/h1-31H/i1D,2D,3D,4D,5D,6D,7D,8D,9D,10D,11D,12D,13D,14D,15D,16D,17D,18D,19D,20D,21D,22D,23D,24D,29D. The van der Waals surface area contributed by atoms with Gasteiger partial charge in [-0.1, -0.05) is 109 Å². The molecule has 12 rings (SSSR count). The third-order valence-electron chi connectivity index (χ3n) is 9.54. The van der Waals surface area contributed by atoms with Gasteiger partial charge < -0.3 is 9.13 Å². The lowest BCUT2D eigenvalue weighted by Crippen LogP contribution is -2.08. The van der Waals surface area contributed by atoms with Crippen LogP contribution in [0.1, 0.15) is 34.3 Å². The largest absolute Gasteiger partial charge is 0.307 e. The fourth-order valence-electron chi connectivity index (χ4n) is 7.25. The molecule has 0 N–H and O–H groups in total. The third-order valence-corrected chi connectivity index (χ3v) is 9.54. The van der Waals surface area contributed by atoms with Crippen LogP contribution in [0.3, 0.4) is 0 Å². The van der Waals surface area contributed by atoms with Crippen molar-refractivity contribution in [2.24, 2.45) is 0 Å². The Balaban J connectivity index is 1.42. The molecule has 6 aromatic carbocycles. The van der Waals surface area contributed by atoms with Gasteiger partial charge in [0, 0.05) is 68.1 Å². The molecule has 0 fully saturated rings. The zero-order valence-electron chi connectivity index (χ0n) is 53.6. The first-order valence-corrected chi connectivity index (χ1v) is 17.0. The number of benzene rings is 6. The Hall–Kier alpha value is -7.90. The molecule has 0 aliphatic rings. The summed E-state index contributed by atoms with van der Waals surface area (Å²) in [6.45, 7) is 0. The molecule has 0 atom stereocenters. The summed E-state index contributed by atoms with van der Waals surface area (Å²) < 4.78 is 232. The Labute approximate surface area is 361 Å². The van der Waals surface area contributed by atoms with Gasteiger partial charge in [0.15, 0.2) is 5.82 Å². The zero-order valence-corrected chi connectivity index (χ0v) is 28.6. The summed E-state index contributed by atoms with van der Waals surface area (Å²) in [5, 5.41) is -1.13. The average molecular weight is 755 g/mol. The smallest absolute Gasteiger partial charge is 0.164 e. The van der Waals surface area contributed by atoms with Crippen molar-refractivity contribution in [3.8, 4) is 39.8 Å². The number of hydrogen-bond acceptors (Lipinski definition) is 4. The van der Waals surface area contributed by atoms with E-state index < -0.39 is 213 Å². The third kappa shape index (κ3) is 4.66. The van der Waals surface area contributed by atoms with Gasteiger partial charge in [-0.25, -0.2) is 9.97 Å². The van der Waals surface area contributed by atoms with E-state index in [4.69, 9.17) is 29.2 Å². The van der Waals surface area contributed by atoms with Gasteiger partial charge in [-0.05, 0) is 48.4 Å². The van der Waals surface area contributed by atoms with Crippen molar-refractivity contribution < 1.29 is 34.3 Å². The predicted octanol–water partition coefficient (Wildman–Crippen LogP) is 11.9. The maximum absolute atomic E-state index is 10.0. The molecule has 0 unspecified atom stereocenters. The van der Waals surface area contributed by atoms with Crippen LogP contribution in [0.4, 0.5) is 0 Å². The summed E-state index contributed by atoms with van der Waals surface area (Å²) in [5.41, 5.74) is -5.49. The summed E-state index contributed by atoms with van der Waals surface area (Å²) in [5.74, 6) is -1.76. The van der Waals surface area contributed by atoms with Crippen LogP contribution in [0.5, 0.6) is 0 Å². The van der Waals surface area contributed by atoms with Gasteiger partial charge in [-0.3, -0.25) is 14.5 Å². The predicted molar refractivity (Wildman–Crippen MR) is 232 cm³/mol. The van der Waals surface area contributed by atoms with E-state index in [2.05, 4.69) is 9.97 Å². The highest BCUT2D eigenvalue weighted by Crippen LogP contribution is 2.42. The minimum Gasteiger partial charge on any atom is -0.307 e. The Bertz CT molecular complexity index is 4900. The van der Waals surface area contributed by atoms with Crippen LogP contribution >= 0.6 is 0 Å². The average Bonchev–Trinajstić information content (AvgIpc) is 4.19. The highest BCUT2D eigenvalue weighted by molar-refractivity contribution is 6.12. The molecule has 0 saturated heterocycles. The molecule has 7 nitrogen and oxygen atoms in total. The molecule has 0 aliphatic carbocycles. The first-order valence-electron chi connectivity index (χ1n) is 29.5. The van der Waals surface area contributed by atoms with Gasteiger partial charge in [0.1, 0.15) is 5.82 Å². The van der Waals surface area contributed by atoms with Crippen LogP contribution in [0.25, 0.3) is 105 Å². The maximum Gasteiger partial charge on any atom is 0.164 e. The number of nitrogens with zero attached hydrogens (tertiary/aromatic N) is 7. The fraction of sp³-hybridized carbons (Fsp3) is 0. The molecule has 12 aromatic rings. The van der Waals surface area contributed by atoms with E-state index in [1.54, 1.807) is 0 Å². The van der Waals surface area contributed by atoms with E-state index in [9.17, 15) is 15.1 Å². The van der Waals surface area contributed by atoms with Gasteiger partial charge >= 0.3 is 0 Å². The molecule has 266 valence electrons. The summed E-state index contributed by atoms with van der Waals surface area (Å²) in [4.78, 5) is 18.0. The Morgan fingerprint density at radius 1 is 0.421 bits per heavy atom. The van der Waals surface area contributed by atoms with Gasteiger partial charge in [-0.15, -0.1) is 0 Å². The first kappa shape index (κ1) is 15.7. The molecule has 0 bridgehead atoms. The van der Waals surface area contributed by atoms with Crippen LogP contribution in [-0.2, 0) is 0 Å².